The molecule has 0 radical (unpaired) electrons. The normalized spacial score (nSPS) is 22.2. The second kappa shape index (κ2) is 16.3. The standard InChI is InChI=1S/C35H44ClN3O4/c1-6-11-29-23-43-24-35(27(29)5)17-20-39(21-18-35)34(42)28-12-10-19-37-33(25(3)15-16-30(36)7-2)31(38-26(4)22-28)13-8-9-14-32(40)41/h6-7,10-12,15-16,22H,2,4,8-9,13-14,17-21,23-24H2,1,3,5H3,(H,40,41)/b11-6-,12-10-,25-15+,28-22+,30-16+,37-33?,38-31?. The van der Waals surface area contributed by atoms with Gasteiger partial charge in [0, 0.05) is 35.5 Å². The van der Waals surface area contributed by atoms with E-state index in [0.29, 0.717) is 79.8 Å². The first kappa shape index (κ1) is 33.9. The van der Waals surface area contributed by atoms with Gasteiger partial charge in [0.1, 0.15) is 0 Å². The highest BCUT2D eigenvalue weighted by Gasteiger charge is 2.40. The number of rotatable bonds is 10. The Labute approximate surface area is 261 Å². The van der Waals surface area contributed by atoms with Crippen molar-refractivity contribution in [2.24, 2.45) is 15.4 Å². The number of likely N-dealkylation sites (tertiary alicyclic amines) is 1. The average Bonchev–Trinajstić information content (AvgIpc) is 2.99. The molecule has 7 nitrogen and oxygen atoms in total. The minimum absolute atomic E-state index is 0.0323. The lowest BCUT2D eigenvalue weighted by Gasteiger charge is -2.45. The van der Waals surface area contributed by atoms with Gasteiger partial charge in [0.05, 0.1) is 36.9 Å². The summed E-state index contributed by atoms with van der Waals surface area (Å²) < 4.78 is 5.97. The van der Waals surface area contributed by atoms with Gasteiger partial charge in [-0.25, -0.2) is 0 Å². The van der Waals surface area contributed by atoms with Crippen LogP contribution < -0.4 is 0 Å². The molecular formula is C35H44ClN3O4. The predicted octanol–water partition coefficient (Wildman–Crippen LogP) is 7.31. The highest BCUT2D eigenvalue weighted by atomic mass is 35.5. The zero-order valence-corrected chi connectivity index (χ0v) is 26.5. The monoisotopic (exact) mass is 605 g/mol. The highest BCUT2D eigenvalue weighted by Crippen LogP contribution is 2.43. The number of allylic oxidation sites excluding steroid dienone is 7. The van der Waals surface area contributed by atoms with E-state index in [4.69, 9.17) is 31.4 Å². The molecule has 1 saturated heterocycles. The van der Waals surface area contributed by atoms with Gasteiger partial charge in [0.2, 0.25) is 0 Å². The third kappa shape index (κ3) is 9.47. The van der Waals surface area contributed by atoms with Gasteiger partial charge in [-0.05, 0) is 76.2 Å². The lowest BCUT2D eigenvalue weighted by molar-refractivity contribution is -0.137. The third-order valence-electron chi connectivity index (χ3n) is 8.18. The van der Waals surface area contributed by atoms with Crippen LogP contribution >= 0.6 is 11.6 Å². The van der Waals surface area contributed by atoms with Crippen LogP contribution in [0.5, 0.6) is 0 Å². The Morgan fingerprint density at radius 2 is 1.98 bits per heavy atom. The molecule has 230 valence electrons. The van der Waals surface area contributed by atoms with Gasteiger partial charge in [0.25, 0.3) is 5.91 Å². The molecule has 3 aliphatic heterocycles. The van der Waals surface area contributed by atoms with Crippen molar-refractivity contribution >= 4 is 34.9 Å². The molecule has 8 heteroatoms. The van der Waals surface area contributed by atoms with Gasteiger partial charge in [0.15, 0.2) is 0 Å². The molecular weight excluding hydrogens is 562 g/mol. The quantitative estimate of drug-likeness (QED) is 0.209. The number of nitrogens with zero attached hydrogens (tertiary/aromatic N) is 3. The largest absolute Gasteiger partial charge is 0.481 e. The van der Waals surface area contributed by atoms with Gasteiger partial charge in [-0.15, -0.1) is 0 Å². The second-order valence-electron chi connectivity index (χ2n) is 11.2. The minimum atomic E-state index is -0.827. The number of ether oxygens (including phenoxy) is 1. The summed E-state index contributed by atoms with van der Waals surface area (Å²) in [5, 5.41) is 9.57. The Hall–Kier alpha value is -3.55. The van der Waals surface area contributed by atoms with Crippen molar-refractivity contribution < 1.29 is 19.4 Å². The molecule has 0 atom stereocenters. The molecule has 0 aliphatic carbocycles. The molecule has 1 spiro atoms. The minimum Gasteiger partial charge on any atom is -0.481 e. The van der Waals surface area contributed by atoms with Crippen LogP contribution in [0.4, 0.5) is 0 Å². The molecule has 1 N–H and O–H groups in total. The number of carboxylic acids is 1. The van der Waals surface area contributed by atoms with Crippen LogP contribution in [0.25, 0.3) is 0 Å². The molecule has 0 aromatic heterocycles. The number of hydrogen-bond donors (Lipinski definition) is 1. The number of carbonyl (C=O) groups is 2. The summed E-state index contributed by atoms with van der Waals surface area (Å²) in [5.74, 6) is -0.880. The SMILES string of the molecule is C=C/C(Cl)=C\C=C(/C)C1=NC/C=C\C(C(=O)N2CCC3(CC2)COCC(/C=C\C)=C3C)=C/C(=C)N=C1CCCCC(=O)O. The first-order valence-corrected chi connectivity index (χ1v) is 15.3. The number of carboxylic acid groups (broad SMARTS) is 1. The number of carbonyl (C=O) groups excluding carboxylic acids is 1. The fourth-order valence-corrected chi connectivity index (χ4v) is 5.67. The summed E-state index contributed by atoms with van der Waals surface area (Å²) in [7, 11) is 0. The van der Waals surface area contributed by atoms with Crippen molar-refractivity contribution in [3.8, 4) is 0 Å². The van der Waals surface area contributed by atoms with Gasteiger partial charge >= 0.3 is 5.97 Å². The molecule has 1 fully saturated rings. The number of piperidine rings is 1. The summed E-state index contributed by atoms with van der Waals surface area (Å²) in [5.41, 5.74) is 5.79. The highest BCUT2D eigenvalue weighted by molar-refractivity contribution is 6.48. The van der Waals surface area contributed by atoms with Crippen LogP contribution in [0.15, 0.2) is 105 Å². The van der Waals surface area contributed by atoms with Gasteiger partial charge in [-0.2, -0.15) is 0 Å². The predicted molar refractivity (Wildman–Crippen MR) is 177 cm³/mol. The van der Waals surface area contributed by atoms with Gasteiger partial charge in [-0.1, -0.05) is 66.8 Å². The van der Waals surface area contributed by atoms with E-state index in [0.717, 1.165) is 18.4 Å². The van der Waals surface area contributed by atoms with E-state index in [2.05, 4.69) is 32.2 Å². The maximum absolute atomic E-state index is 13.7. The Bertz CT molecular complexity index is 1350. The van der Waals surface area contributed by atoms with E-state index in [1.807, 2.05) is 30.9 Å². The van der Waals surface area contributed by atoms with E-state index in [1.54, 1.807) is 24.3 Å². The van der Waals surface area contributed by atoms with E-state index in [1.165, 1.54) is 11.1 Å². The number of hydrogen-bond acceptors (Lipinski definition) is 5. The van der Waals surface area contributed by atoms with Crippen LogP contribution in [-0.4, -0.2) is 66.2 Å². The maximum Gasteiger partial charge on any atom is 0.303 e. The molecule has 0 saturated carbocycles. The van der Waals surface area contributed by atoms with Crippen LogP contribution in [0, 0.1) is 5.41 Å². The molecule has 0 aromatic carbocycles. The van der Waals surface area contributed by atoms with E-state index >= 15 is 0 Å². The second-order valence-corrected chi connectivity index (χ2v) is 11.6. The van der Waals surface area contributed by atoms with Crippen molar-refractivity contribution in [3.05, 3.63) is 94.8 Å². The Morgan fingerprint density at radius 1 is 1.23 bits per heavy atom. The molecule has 0 aromatic rings. The van der Waals surface area contributed by atoms with Crippen LogP contribution in [0.2, 0.25) is 0 Å². The molecule has 0 bridgehead atoms. The lowest BCUT2D eigenvalue weighted by Crippen LogP contribution is -2.47. The fraction of sp³-hybridized carbons (Fsp3) is 0.429. The molecule has 1 amide bonds. The molecule has 3 rings (SSSR count). The Balaban J connectivity index is 1.83. The molecule has 3 heterocycles. The number of amides is 1. The number of aliphatic carboxylic acids is 1. The summed E-state index contributed by atoms with van der Waals surface area (Å²) in [6.07, 6.45) is 18.2. The number of unbranched alkanes of at least 4 members (excludes halogenated alkanes) is 1. The van der Waals surface area contributed by atoms with Crippen LogP contribution in [-0.2, 0) is 14.3 Å². The van der Waals surface area contributed by atoms with Crippen LogP contribution in [0.3, 0.4) is 0 Å². The first-order chi connectivity index (χ1) is 20.6. The van der Waals surface area contributed by atoms with Crippen molar-refractivity contribution in [1.29, 1.82) is 0 Å². The Morgan fingerprint density at radius 3 is 2.65 bits per heavy atom. The number of aliphatic imine (C=N–C) groups is 2. The zero-order valence-electron chi connectivity index (χ0n) is 25.7. The van der Waals surface area contributed by atoms with E-state index in [-0.39, 0.29) is 17.7 Å². The van der Waals surface area contributed by atoms with Crippen molar-refractivity contribution in [1.82, 2.24) is 4.90 Å². The average molecular weight is 606 g/mol. The first-order valence-electron chi connectivity index (χ1n) is 14.9. The van der Waals surface area contributed by atoms with Crippen LogP contribution in [0.1, 0.15) is 59.3 Å². The summed E-state index contributed by atoms with van der Waals surface area (Å²) in [6, 6.07) is 0. The Kier molecular flexibility index (Phi) is 12.9. The summed E-state index contributed by atoms with van der Waals surface area (Å²) >= 11 is 6.12. The molecule has 3 aliphatic rings. The zero-order chi connectivity index (χ0) is 31.4. The number of halogens is 1. The molecule has 0 unspecified atom stereocenters. The van der Waals surface area contributed by atoms with Crippen molar-refractivity contribution in [2.45, 2.75) is 59.3 Å². The van der Waals surface area contributed by atoms with Crippen molar-refractivity contribution in [2.75, 3.05) is 32.8 Å². The fourth-order valence-electron chi connectivity index (χ4n) is 5.61. The smallest absolute Gasteiger partial charge is 0.303 e. The van der Waals surface area contributed by atoms with Gasteiger partial charge < -0.3 is 14.7 Å². The van der Waals surface area contributed by atoms with E-state index < -0.39 is 5.97 Å². The summed E-state index contributed by atoms with van der Waals surface area (Å²) in [6.45, 7) is 16.9. The topological polar surface area (TPSA) is 91.6 Å². The third-order valence-corrected chi connectivity index (χ3v) is 8.46. The lowest BCUT2D eigenvalue weighted by atomic mass is 9.70. The molecule has 43 heavy (non-hydrogen) atoms. The summed E-state index contributed by atoms with van der Waals surface area (Å²) in [4.78, 5) is 36.3. The maximum atomic E-state index is 13.7. The van der Waals surface area contributed by atoms with E-state index in [9.17, 15) is 9.59 Å². The van der Waals surface area contributed by atoms with Crippen molar-refractivity contribution in [3.63, 3.8) is 0 Å². The van der Waals surface area contributed by atoms with Gasteiger partial charge in [-0.3, -0.25) is 19.6 Å².